The van der Waals surface area contributed by atoms with Gasteiger partial charge in [-0.15, -0.1) is 0 Å². The summed E-state index contributed by atoms with van der Waals surface area (Å²) in [7, 11) is 2.15. The van der Waals surface area contributed by atoms with Crippen LogP contribution < -0.4 is 25.8 Å². The SMILES string of the molecule is Cn1c(C2CCN(CC3CCN(c4ccc([C@@H]5CCCN(c6ccc(Cl)c7c(N)c[nH]c67)C5)cc4)CC3)CC2)cc2ccc(N3CCC(=O)NC3=O)cc21. The number of rotatable bonds is 7. The number of aryl methyl sites for hydroxylation is 1. The van der Waals surface area contributed by atoms with Crippen molar-refractivity contribution in [2.75, 3.05) is 72.8 Å². The fourth-order valence-corrected chi connectivity index (χ4v) is 10.0. The number of carbonyl (C=O) groups is 2. The minimum absolute atomic E-state index is 0.207. The van der Waals surface area contributed by atoms with E-state index in [1.54, 1.807) is 4.90 Å². The number of anilines is 4. The van der Waals surface area contributed by atoms with Crippen LogP contribution in [0.3, 0.4) is 0 Å². The molecule has 4 aliphatic rings. The largest absolute Gasteiger partial charge is 0.397 e. The van der Waals surface area contributed by atoms with Crippen molar-refractivity contribution in [1.29, 1.82) is 0 Å². The molecule has 0 aliphatic carbocycles. The summed E-state index contributed by atoms with van der Waals surface area (Å²) in [6.07, 6.45) is 9.37. The van der Waals surface area contributed by atoms with Gasteiger partial charge in [-0.2, -0.15) is 0 Å². The molecule has 3 amide bonds. The summed E-state index contributed by atoms with van der Waals surface area (Å²) in [5.74, 6) is 1.57. The molecule has 4 N–H and O–H groups in total. The first-order chi connectivity index (χ1) is 26.3. The molecule has 0 spiro atoms. The molecule has 0 saturated carbocycles. The van der Waals surface area contributed by atoms with E-state index in [0.29, 0.717) is 35.5 Å². The number of aromatic nitrogens is 2. The summed E-state index contributed by atoms with van der Waals surface area (Å²) in [5.41, 5.74) is 15.3. The lowest BCUT2D eigenvalue weighted by atomic mass is 9.89. The molecule has 4 aliphatic heterocycles. The lowest BCUT2D eigenvalue weighted by Crippen LogP contribution is -2.49. The third-order valence-corrected chi connectivity index (χ3v) is 13.2. The maximum Gasteiger partial charge on any atom is 0.328 e. The number of nitrogen functional groups attached to an aromatic ring is 1. The number of hydrogen-bond donors (Lipinski definition) is 3. The van der Waals surface area contributed by atoms with Crippen molar-refractivity contribution in [3.63, 3.8) is 0 Å². The minimum atomic E-state index is -0.337. The Labute approximate surface area is 322 Å². The minimum Gasteiger partial charge on any atom is -0.397 e. The Morgan fingerprint density at radius 3 is 2.37 bits per heavy atom. The van der Waals surface area contributed by atoms with Gasteiger partial charge < -0.3 is 30.0 Å². The van der Waals surface area contributed by atoms with Crippen LogP contribution >= 0.6 is 11.6 Å². The molecule has 4 fully saturated rings. The highest BCUT2D eigenvalue weighted by Crippen LogP contribution is 2.39. The maximum absolute atomic E-state index is 12.4. The topological polar surface area (TPSA) is 106 Å². The van der Waals surface area contributed by atoms with Crippen LogP contribution in [0.4, 0.5) is 27.5 Å². The number of nitrogens with two attached hydrogens (primary N) is 1. The average Bonchev–Trinajstić information content (AvgIpc) is 3.75. The third-order valence-electron chi connectivity index (χ3n) is 12.9. The number of aromatic amines is 1. The van der Waals surface area contributed by atoms with Gasteiger partial charge in [-0.1, -0.05) is 29.8 Å². The number of amides is 3. The Hall–Kier alpha value is -4.67. The highest BCUT2D eigenvalue weighted by Gasteiger charge is 2.29. The molecular weight excluding hydrogens is 696 g/mol. The number of nitrogens with zero attached hydrogens (tertiary/aromatic N) is 5. The van der Waals surface area contributed by atoms with Gasteiger partial charge in [-0.05, 0) is 106 Å². The molecule has 10 nitrogen and oxygen atoms in total. The van der Waals surface area contributed by atoms with Crippen LogP contribution in [-0.4, -0.2) is 78.7 Å². The van der Waals surface area contributed by atoms with Crippen LogP contribution in [0.5, 0.6) is 0 Å². The molecule has 0 radical (unpaired) electrons. The standard InChI is InChI=1S/C43H51ClN8O2/c1-48-38(23-31-6-9-34(24-39(31)48)52-22-16-40(53)47-43(52)54)30-14-18-49(19-15-30)26-28-12-20-50(21-13-28)33-7-4-29(5-8-33)32-3-2-17-51(27-32)37-11-10-35(44)41-36(45)25-46-42(37)41/h4-11,23-25,28,30,32,46H,2-3,12-22,26-27,45H2,1H3,(H,47,53,54)/t32-/m1/s1. The van der Waals surface area contributed by atoms with E-state index >= 15 is 0 Å². The maximum atomic E-state index is 12.4. The molecule has 0 bridgehead atoms. The quantitative estimate of drug-likeness (QED) is 0.157. The molecule has 9 rings (SSSR count). The number of H-pyrrole nitrogens is 1. The first-order valence-electron chi connectivity index (χ1n) is 19.9. The van der Waals surface area contributed by atoms with Crippen molar-refractivity contribution < 1.29 is 9.59 Å². The normalized spacial score (nSPS) is 21.1. The summed E-state index contributed by atoms with van der Waals surface area (Å²) in [6, 6.07) is 21.8. The highest BCUT2D eigenvalue weighted by molar-refractivity contribution is 6.37. The van der Waals surface area contributed by atoms with Gasteiger partial charge in [-0.3, -0.25) is 15.0 Å². The van der Waals surface area contributed by atoms with Crippen LogP contribution in [0, 0.1) is 5.92 Å². The molecule has 4 saturated heterocycles. The monoisotopic (exact) mass is 746 g/mol. The zero-order valence-electron chi connectivity index (χ0n) is 31.2. The number of hydrogen-bond acceptors (Lipinski definition) is 6. The van der Waals surface area contributed by atoms with Crippen molar-refractivity contribution in [3.05, 3.63) is 83.1 Å². The molecule has 5 aromatic rings. The number of imide groups is 1. The van der Waals surface area contributed by atoms with Crippen LogP contribution in [-0.2, 0) is 11.8 Å². The number of piperidine rings is 3. The number of halogens is 1. The van der Waals surface area contributed by atoms with Crippen molar-refractivity contribution in [3.8, 4) is 0 Å². The van der Waals surface area contributed by atoms with Gasteiger partial charge in [0, 0.05) is 98.6 Å². The number of urea groups is 1. The molecule has 54 heavy (non-hydrogen) atoms. The summed E-state index contributed by atoms with van der Waals surface area (Å²) in [5, 5.41) is 5.27. The zero-order chi connectivity index (χ0) is 36.9. The second-order valence-electron chi connectivity index (χ2n) is 16.1. The van der Waals surface area contributed by atoms with E-state index in [4.69, 9.17) is 17.3 Å². The molecule has 3 aromatic carbocycles. The second kappa shape index (κ2) is 14.5. The van der Waals surface area contributed by atoms with Gasteiger partial charge in [0.2, 0.25) is 5.91 Å². The van der Waals surface area contributed by atoms with Gasteiger partial charge >= 0.3 is 6.03 Å². The number of benzene rings is 3. The Morgan fingerprint density at radius 1 is 0.815 bits per heavy atom. The van der Waals surface area contributed by atoms with Crippen molar-refractivity contribution in [2.24, 2.45) is 13.0 Å². The van der Waals surface area contributed by atoms with E-state index in [-0.39, 0.29) is 11.9 Å². The third kappa shape index (κ3) is 6.68. The number of likely N-dealkylation sites (tertiary alicyclic amines) is 1. The molecule has 0 unspecified atom stereocenters. The Morgan fingerprint density at radius 2 is 1.59 bits per heavy atom. The van der Waals surface area contributed by atoms with Crippen LogP contribution in [0.15, 0.2) is 66.9 Å². The van der Waals surface area contributed by atoms with E-state index in [1.807, 2.05) is 18.3 Å². The average molecular weight is 747 g/mol. The van der Waals surface area contributed by atoms with E-state index in [9.17, 15) is 9.59 Å². The van der Waals surface area contributed by atoms with Crippen molar-refractivity contribution >= 4 is 68.1 Å². The Kier molecular flexibility index (Phi) is 9.43. The molecular formula is C43H51ClN8O2. The predicted octanol–water partition coefficient (Wildman–Crippen LogP) is 7.82. The molecule has 2 aromatic heterocycles. The van der Waals surface area contributed by atoms with Crippen LogP contribution in [0.25, 0.3) is 21.8 Å². The van der Waals surface area contributed by atoms with Crippen LogP contribution in [0.2, 0.25) is 5.02 Å². The Balaban J connectivity index is 0.760. The van der Waals surface area contributed by atoms with Crippen molar-refractivity contribution in [1.82, 2.24) is 19.8 Å². The highest BCUT2D eigenvalue weighted by atomic mass is 35.5. The van der Waals surface area contributed by atoms with E-state index in [0.717, 1.165) is 73.7 Å². The number of nitrogens with one attached hydrogen (secondary N) is 2. The summed E-state index contributed by atoms with van der Waals surface area (Å²) in [4.78, 5) is 36.9. The summed E-state index contributed by atoms with van der Waals surface area (Å²) in [6.45, 7) is 8.17. The fraction of sp³-hybridized carbons (Fsp3) is 0.442. The number of carbonyl (C=O) groups excluding carboxylic acids is 2. The number of fused-ring (bicyclic) bond motifs is 2. The predicted molar refractivity (Wildman–Crippen MR) is 220 cm³/mol. The van der Waals surface area contributed by atoms with Gasteiger partial charge in [0.15, 0.2) is 0 Å². The lowest BCUT2D eigenvalue weighted by Gasteiger charge is -2.38. The van der Waals surface area contributed by atoms with E-state index < -0.39 is 0 Å². The van der Waals surface area contributed by atoms with E-state index in [2.05, 4.69) is 85.1 Å². The molecule has 1 atom stereocenters. The Bertz CT molecular complexity index is 2180. The van der Waals surface area contributed by atoms with Gasteiger partial charge in [0.05, 0.1) is 27.4 Å². The molecule has 282 valence electrons. The van der Waals surface area contributed by atoms with Crippen molar-refractivity contribution in [2.45, 2.75) is 56.8 Å². The fourth-order valence-electron chi connectivity index (χ4n) is 9.77. The zero-order valence-corrected chi connectivity index (χ0v) is 32.0. The first-order valence-corrected chi connectivity index (χ1v) is 20.2. The van der Waals surface area contributed by atoms with Gasteiger partial charge in [-0.25, -0.2) is 4.79 Å². The first kappa shape index (κ1) is 35.1. The molecule has 6 heterocycles. The summed E-state index contributed by atoms with van der Waals surface area (Å²) >= 11 is 6.49. The van der Waals surface area contributed by atoms with E-state index in [1.165, 1.54) is 66.7 Å². The lowest BCUT2D eigenvalue weighted by molar-refractivity contribution is -0.120. The van der Waals surface area contributed by atoms with Gasteiger partial charge in [0.25, 0.3) is 0 Å². The smallest absolute Gasteiger partial charge is 0.328 e. The molecule has 11 heteroatoms. The van der Waals surface area contributed by atoms with Gasteiger partial charge in [0.1, 0.15) is 0 Å². The van der Waals surface area contributed by atoms with Crippen LogP contribution in [0.1, 0.15) is 68.0 Å². The summed E-state index contributed by atoms with van der Waals surface area (Å²) < 4.78 is 2.32. The second-order valence-corrected chi connectivity index (χ2v) is 16.5.